The van der Waals surface area contributed by atoms with E-state index in [0.29, 0.717) is 12.5 Å². The van der Waals surface area contributed by atoms with Gasteiger partial charge in [-0.2, -0.15) is 0 Å². The third-order valence-electron chi connectivity index (χ3n) is 3.42. The Hall–Kier alpha value is -1.20. The zero-order chi connectivity index (χ0) is 12.8. The molecular weight excluding hydrogens is 228 g/mol. The zero-order valence-electron chi connectivity index (χ0n) is 11.0. The average molecular weight is 250 g/mol. The first kappa shape index (κ1) is 13.2. The maximum atomic E-state index is 5.51. The molecule has 2 N–H and O–H groups in total. The Morgan fingerprint density at radius 3 is 2.56 bits per heavy atom. The minimum atomic E-state index is 0.644. The lowest BCUT2D eigenvalue weighted by Gasteiger charge is -2.31. The molecule has 1 aliphatic rings. The van der Waals surface area contributed by atoms with E-state index in [1.54, 1.807) is 7.11 Å². The van der Waals surface area contributed by atoms with E-state index >= 15 is 0 Å². The summed E-state index contributed by atoms with van der Waals surface area (Å²) in [4.78, 5) is 11.1. The van der Waals surface area contributed by atoms with Gasteiger partial charge in [-0.1, -0.05) is 0 Å². The number of aromatic nitrogens is 2. The van der Waals surface area contributed by atoms with Gasteiger partial charge in [0.2, 0.25) is 5.95 Å². The number of ether oxygens (including phenoxy) is 1. The molecule has 0 spiro atoms. The predicted octanol–water partition coefficient (Wildman–Crippen LogP) is 0.841. The van der Waals surface area contributed by atoms with Gasteiger partial charge in [-0.05, 0) is 37.3 Å². The number of rotatable bonds is 5. The Morgan fingerprint density at radius 1 is 1.33 bits per heavy atom. The fraction of sp³-hybridized carbons (Fsp3) is 0.692. The summed E-state index contributed by atoms with van der Waals surface area (Å²) in [6.07, 6.45) is 6.92. The maximum Gasteiger partial charge on any atom is 0.225 e. The average Bonchev–Trinajstić information content (AvgIpc) is 2.41. The van der Waals surface area contributed by atoms with Gasteiger partial charge in [-0.25, -0.2) is 9.97 Å². The van der Waals surface area contributed by atoms with E-state index in [9.17, 15) is 0 Å². The molecule has 1 aromatic heterocycles. The monoisotopic (exact) mass is 250 g/mol. The summed E-state index contributed by atoms with van der Waals surface area (Å²) >= 11 is 0. The molecule has 0 aliphatic carbocycles. The molecule has 18 heavy (non-hydrogen) atoms. The first-order valence-corrected chi connectivity index (χ1v) is 6.58. The second-order valence-corrected chi connectivity index (χ2v) is 4.82. The van der Waals surface area contributed by atoms with Crippen LogP contribution in [0.4, 0.5) is 5.95 Å². The van der Waals surface area contributed by atoms with Crippen LogP contribution in [0.1, 0.15) is 18.4 Å². The zero-order valence-corrected chi connectivity index (χ0v) is 11.0. The summed E-state index contributed by atoms with van der Waals surface area (Å²) in [7, 11) is 1.77. The number of hydrogen-bond acceptors (Lipinski definition) is 5. The molecule has 0 radical (unpaired) electrons. The molecule has 100 valence electrons. The number of anilines is 1. The molecule has 5 heteroatoms. The summed E-state index contributed by atoms with van der Waals surface area (Å²) in [5.74, 6) is 1.52. The standard InChI is InChI=1S/C13H22N4O/c1-18-10-11-3-6-17(7-4-11)13-15-8-12(2-5-14)9-16-13/h8-9,11H,2-7,10,14H2,1H3. The van der Waals surface area contributed by atoms with Crippen molar-refractivity contribution in [2.24, 2.45) is 11.7 Å². The minimum Gasteiger partial charge on any atom is -0.384 e. The van der Waals surface area contributed by atoms with Gasteiger partial charge in [0, 0.05) is 39.2 Å². The first-order valence-electron chi connectivity index (χ1n) is 6.58. The van der Waals surface area contributed by atoms with E-state index in [-0.39, 0.29) is 0 Å². The Labute approximate surface area is 108 Å². The molecule has 0 bridgehead atoms. The second-order valence-electron chi connectivity index (χ2n) is 4.82. The quantitative estimate of drug-likeness (QED) is 0.839. The van der Waals surface area contributed by atoms with Crippen molar-refractivity contribution in [3.8, 4) is 0 Å². The molecule has 1 fully saturated rings. The molecule has 0 amide bonds. The highest BCUT2D eigenvalue weighted by Gasteiger charge is 2.20. The first-order chi connectivity index (χ1) is 8.83. The van der Waals surface area contributed by atoms with E-state index in [4.69, 9.17) is 10.5 Å². The number of hydrogen-bond donors (Lipinski definition) is 1. The van der Waals surface area contributed by atoms with Crippen LogP contribution < -0.4 is 10.6 Å². The molecule has 0 saturated carbocycles. The Bertz CT molecular complexity index is 347. The SMILES string of the molecule is COCC1CCN(c2ncc(CCN)cn2)CC1. The fourth-order valence-corrected chi connectivity index (χ4v) is 2.34. The predicted molar refractivity (Wildman–Crippen MR) is 71.6 cm³/mol. The van der Waals surface area contributed by atoms with Crippen LogP contribution in [0.15, 0.2) is 12.4 Å². The highest BCUT2D eigenvalue weighted by atomic mass is 16.5. The lowest BCUT2D eigenvalue weighted by atomic mass is 9.98. The summed E-state index contributed by atoms with van der Waals surface area (Å²) in [6.45, 7) is 3.55. The van der Waals surface area contributed by atoms with E-state index < -0.39 is 0 Å². The van der Waals surface area contributed by atoms with Crippen LogP contribution in [0.25, 0.3) is 0 Å². The fourth-order valence-electron chi connectivity index (χ4n) is 2.34. The smallest absolute Gasteiger partial charge is 0.225 e. The molecule has 2 rings (SSSR count). The van der Waals surface area contributed by atoms with Gasteiger partial charge in [0.1, 0.15) is 0 Å². The Balaban J connectivity index is 1.89. The van der Waals surface area contributed by atoms with Crippen molar-refractivity contribution in [2.45, 2.75) is 19.3 Å². The molecule has 0 aromatic carbocycles. The van der Waals surface area contributed by atoms with Crippen molar-refractivity contribution in [3.63, 3.8) is 0 Å². The van der Waals surface area contributed by atoms with Crippen molar-refractivity contribution < 1.29 is 4.74 Å². The van der Waals surface area contributed by atoms with Gasteiger partial charge in [-0.15, -0.1) is 0 Å². The van der Waals surface area contributed by atoms with E-state index in [1.165, 1.54) is 0 Å². The molecule has 2 heterocycles. The van der Waals surface area contributed by atoms with Crippen LogP contribution in [0.2, 0.25) is 0 Å². The van der Waals surface area contributed by atoms with Gasteiger partial charge >= 0.3 is 0 Å². The summed E-state index contributed by atoms with van der Waals surface area (Å²) < 4.78 is 5.20. The van der Waals surface area contributed by atoms with Crippen LogP contribution in [0, 0.1) is 5.92 Å². The molecule has 1 saturated heterocycles. The van der Waals surface area contributed by atoms with Crippen molar-refractivity contribution in [1.29, 1.82) is 0 Å². The third-order valence-corrected chi connectivity index (χ3v) is 3.42. The van der Waals surface area contributed by atoms with Crippen molar-refractivity contribution in [2.75, 3.05) is 38.3 Å². The molecule has 1 aliphatic heterocycles. The van der Waals surface area contributed by atoms with E-state index in [2.05, 4.69) is 14.9 Å². The lowest BCUT2D eigenvalue weighted by Crippen LogP contribution is -2.36. The van der Waals surface area contributed by atoms with Gasteiger partial charge in [0.05, 0.1) is 0 Å². The molecular formula is C13H22N4O. The summed E-state index contributed by atoms with van der Waals surface area (Å²) in [5.41, 5.74) is 6.61. The largest absolute Gasteiger partial charge is 0.384 e. The number of piperidine rings is 1. The Kier molecular flexibility index (Phi) is 4.90. The van der Waals surface area contributed by atoms with Gasteiger partial charge < -0.3 is 15.4 Å². The summed E-state index contributed by atoms with van der Waals surface area (Å²) in [5, 5.41) is 0. The topological polar surface area (TPSA) is 64.3 Å². The second kappa shape index (κ2) is 6.66. The normalized spacial score (nSPS) is 17.1. The van der Waals surface area contributed by atoms with Crippen LogP contribution in [-0.4, -0.2) is 43.3 Å². The summed E-state index contributed by atoms with van der Waals surface area (Å²) in [6, 6.07) is 0. The highest BCUT2D eigenvalue weighted by molar-refractivity contribution is 5.30. The third kappa shape index (κ3) is 3.40. The highest BCUT2D eigenvalue weighted by Crippen LogP contribution is 2.20. The number of nitrogens with two attached hydrogens (primary N) is 1. The van der Waals surface area contributed by atoms with Crippen LogP contribution in [0.3, 0.4) is 0 Å². The maximum absolute atomic E-state index is 5.51. The molecule has 0 unspecified atom stereocenters. The van der Waals surface area contributed by atoms with Crippen LogP contribution in [-0.2, 0) is 11.2 Å². The van der Waals surface area contributed by atoms with Gasteiger partial charge in [0.25, 0.3) is 0 Å². The van der Waals surface area contributed by atoms with Gasteiger partial charge in [-0.3, -0.25) is 0 Å². The van der Waals surface area contributed by atoms with Crippen molar-refractivity contribution in [3.05, 3.63) is 18.0 Å². The molecule has 1 aromatic rings. The number of nitrogens with zero attached hydrogens (tertiary/aromatic N) is 3. The number of methoxy groups -OCH3 is 1. The van der Waals surface area contributed by atoms with E-state index in [1.807, 2.05) is 12.4 Å². The van der Waals surface area contributed by atoms with Gasteiger partial charge in [0.15, 0.2) is 0 Å². The van der Waals surface area contributed by atoms with Crippen LogP contribution >= 0.6 is 0 Å². The van der Waals surface area contributed by atoms with Crippen LogP contribution in [0.5, 0.6) is 0 Å². The molecule has 5 nitrogen and oxygen atoms in total. The minimum absolute atomic E-state index is 0.644. The van der Waals surface area contributed by atoms with E-state index in [0.717, 1.165) is 50.5 Å². The lowest BCUT2D eigenvalue weighted by molar-refractivity contribution is 0.139. The Morgan fingerprint density at radius 2 is 2.00 bits per heavy atom. The van der Waals surface area contributed by atoms with Crippen molar-refractivity contribution in [1.82, 2.24) is 9.97 Å². The van der Waals surface area contributed by atoms with Crippen molar-refractivity contribution >= 4 is 5.95 Å². The molecule has 0 atom stereocenters.